The minimum Gasteiger partial charge on any atom is -0.354 e. The summed E-state index contributed by atoms with van der Waals surface area (Å²) < 4.78 is 3.34. The molecule has 1 saturated heterocycles. The van der Waals surface area contributed by atoms with Gasteiger partial charge in [0, 0.05) is 24.5 Å². The molecule has 0 radical (unpaired) electrons. The molecule has 0 bridgehead atoms. The Morgan fingerprint density at radius 1 is 1.06 bits per heavy atom. The van der Waals surface area contributed by atoms with Gasteiger partial charge in [-0.05, 0) is 79.6 Å². The van der Waals surface area contributed by atoms with Crippen LogP contribution in [0.4, 0.5) is 11.5 Å². The maximum atomic E-state index is 12.9. The van der Waals surface area contributed by atoms with Crippen molar-refractivity contribution in [2.45, 2.75) is 26.7 Å². The predicted octanol–water partition coefficient (Wildman–Crippen LogP) is 2.11. The number of carbonyl (C=O) groups excluding carboxylic acids is 1. The molecule has 11 heteroatoms. The Kier molecular flexibility index (Phi) is 5.51. The van der Waals surface area contributed by atoms with E-state index in [-0.39, 0.29) is 11.8 Å². The summed E-state index contributed by atoms with van der Waals surface area (Å²) in [5.74, 6) is 1.32. The fourth-order valence-corrected chi connectivity index (χ4v) is 4.08. The molecule has 1 fully saturated rings. The van der Waals surface area contributed by atoms with Crippen LogP contribution in [0.2, 0.25) is 0 Å². The molecule has 1 unspecified atom stereocenters. The Morgan fingerprint density at radius 3 is 2.52 bits per heavy atom. The molecule has 0 saturated carbocycles. The number of aromatic nitrogens is 8. The van der Waals surface area contributed by atoms with Crippen LogP contribution in [0.3, 0.4) is 0 Å². The lowest BCUT2D eigenvalue weighted by molar-refractivity contribution is -0.120. The van der Waals surface area contributed by atoms with Crippen LogP contribution in [0.15, 0.2) is 48.8 Å². The van der Waals surface area contributed by atoms with Crippen molar-refractivity contribution in [3.63, 3.8) is 0 Å². The van der Waals surface area contributed by atoms with Crippen molar-refractivity contribution in [2.75, 3.05) is 23.3 Å². The third-order valence-electron chi connectivity index (χ3n) is 5.73. The molecule has 11 nitrogen and oxygen atoms in total. The molecule has 0 spiro atoms. The quantitative estimate of drug-likeness (QED) is 0.497. The summed E-state index contributed by atoms with van der Waals surface area (Å²) in [5.41, 5.74) is 3.51. The van der Waals surface area contributed by atoms with Crippen molar-refractivity contribution in [2.24, 2.45) is 5.92 Å². The first-order valence-corrected chi connectivity index (χ1v) is 10.8. The van der Waals surface area contributed by atoms with Gasteiger partial charge in [-0.15, -0.1) is 15.3 Å². The van der Waals surface area contributed by atoms with Crippen LogP contribution in [0.5, 0.6) is 0 Å². The first-order valence-electron chi connectivity index (χ1n) is 10.8. The van der Waals surface area contributed by atoms with Gasteiger partial charge in [-0.2, -0.15) is 5.10 Å². The second kappa shape index (κ2) is 8.77. The number of benzene rings is 1. The molecule has 5 rings (SSSR count). The van der Waals surface area contributed by atoms with E-state index in [4.69, 9.17) is 0 Å². The monoisotopic (exact) mass is 444 g/mol. The molecule has 1 aliphatic rings. The SMILES string of the molecule is Cc1cc(C)n(-c2ccc(N3CCCC(C(=O)Nc4ccc(-n5cnnn5)cc4)C3)nn2)n1. The number of carbonyl (C=O) groups is 1. The number of anilines is 2. The first-order chi connectivity index (χ1) is 16.1. The lowest BCUT2D eigenvalue weighted by Crippen LogP contribution is -2.41. The van der Waals surface area contributed by atoms with Crippen LogP contribution >= 0.6 is 0 Å². The molecule has 3 aromatic heterocycles. The van der Waals surface area contributed by atoms with Crippen molar-refractivity contribution in [1.29, 1.82) is 0 Å². The zero-order valence-corrected chi connectivity index (χ0v) is 18.5. The van der Waals surface area contributed by atoms with Crippen LogP contribution in [0.1, 0.15) is 24.2 Å². The van der Waals surface area contributed by atoms with Gasteiger partial charge < -0.3 is 10.2 Å². The Hall–Kier alpha value is -4.15. The first kappa shape index (κ1) is 20.7. The molecule has 33 heavy (non-hydrogen) atoms. The summed E-state index contributed by atoms with van der Waals surface area (Å²) in [5, 5.41) is 27.4. The highest BCUT2D eigenvalue weighted by Crippen LogP contribution is 2.23. The van der Waals surface area contributed by atoms with Crippen LogP contribution < -0.4 is 10.2 Å². The maximum Gasteiger partial charge on any atom is 0.229 e. The van der Waals surface area contributed by atoms with E-state index in [1.807, 2.05) is 56.3 Å². The predicted molar refractivity (Wildman–Crippen MR) is 121 cm³/mol. The lowest BCUT2D eigenvalue weighted by Gasteiger charge is -2.32. The molecule has 4 heterocycles. The van der Waals surface area contributed by atoms with Gasteiger partial charge in [0.2, 0.25) is 5.91 Å². The molecule has 4 aromatic rings. The summed E-state index contributed by atoms with van der Waals surface area (Å²) in [6.45, 7) is 5.39. The number of hydrogen-bond acceptors (Lipinski definition) is 8. The Morgan fingerprint density at radius 2 is 1.85 bits per heavy atom. The summed E-state index contributed by atoms with van der Waals surface area (Å²) >= 11 is 0. The second-order valence-electron chi connectivity index (χ2n) is 8.16. The van der Waals surface area contributed by atoms with Crippen molar-refractivity contribution < 1.29 is 4.79 Å². The molecule has 1 aromatic carbocycles. The highest BCUT2D eigenvalue weighted by atomic mass is 16.1. The number of rotatable bonds is 5. The molecular weight excluding hydrogens is 420 g/mol. The van der Waals surface area contributed by atoms with Gasteiger partial charge >= 0.3 is 0 Å². The van der Waals surface area contributed by atoms with Gasteiger partial charge in [-0.1, -0.05) is 0 Å². The minimum absolute atomic E-state index is 0.00194. The minimum atomic E-state index is -0.129. The Balaban J connectivity index is 1.23. The highest BCUT2D eigenvalue weighted by molar-refractivity contribution is 5.93. The number of tetrazole rings is 1. The molecule has 168 valence electrons. The number of aryl methyl sites for hydroxylation is 2. The van der Waals surface area contributed by atoms with Gasteiger partial charge in [0.15, 0.2) is 11.6 Å². The van der Waals surface area contributed by atoms with E-state index in [9.17, 15) is 4.79 Å². The van der Waals surface area contributed by atoms with Gasteiger partial charge in [-0.3, -0.25) is 4.79 Å². The number of hydrogen-bond donors (Lipinski definition) is 1. The largest absolute Gasteiger partial charge is 0.354 e. The lowest BCUT2D eigenvalue weighted by atomic mass is 9.97. The van der Waals surface area contributed by atoms with Gasteiger partial charge in [0.05, 0.1) is 17.3 Å². The smallest absolute Gasteiger partial charge is 0.229 e. The summed E-state index contributed by atoms with van der Waals surface area (Å²) in [4.78, 5) is 15.0. The normalized spacial score (nSPS) is 16.1. The van der Waals surface area contributed by atoms with Crippen molar-refractivity contribution in [1.82, 2.24) is 40.2 Å². The number of nitrogens with one attached hydrogen (secondary N) is 1. The Labute approximate surface area is 190 Å². The number of amides is 1. The van der Waals surface area contributed by atoms with E-state index in [0.29, 0.717) is 12.4 Å². The van der Waals surface area contributed by atoms with Crippen molar-refractivity contribution in [3.8, 4) is 11.5 Å². The van der Waals surface area contributed by atoms with E-state index in [0.717, 1.165) is 48.0 Å². The molecular formula is C22H24N10O. The molecule has 1 amide bonds. The van der Waals surface area contributed by atoms with Crippen LogP contribution in [0, 0.1) is 19.8 Å². The zero-order valence-electron chi connectivity index (χ0n) is 18.5. The van der Waals surface area contributed by atoms with Crippen LogP contribution in [-0.4, -0.2) is 59.2 Å². The van der Waals surface area contributed by atoms with E-state index in [1.54, 1.807) is 9.36 Å². The Bertz CT molecular complexity index is 1230. The maximum absolute atomic E-state index is 12.9. The summed E-state index contributed by atoms with van der Waals surface area (Å²) in [7, 11) is 0. The fourth-order valence-electron chi connectivity index (χ4n) is 4.08. The van der Waals surface area contributed by atoms with Crippen molar-refractivity contribution >= 4 is 17.4 Å². The summed E-state index contributed by atoms with van der Waals surface area (Å²) in [6, 6.07) is 13.3. The average molecular weight is 445 g/mol. The second-order valence-corrected chi connectivity index (χ2v) is 8.16. The topological polar surface area (TPSA) is 120 Å². The van der Waals surface area contributed by atoms with Crippen molar-refractivity contribution in [3.05, 3.63) is 60.2 Å². The van der Waals surface area contributed by atoms with Gasteiger partial charge in [0.1, 0.15) is 6.33 Å². The van der Waals surface area contributed by atoms with E-state index in [2.05, 4.69) is 41.0 Å². The van der Waals surface area contributed by atoms with E-state index < -0.39 is 0 Å². The standard InChI is InChI=1S/C22H24N10O/c1-15-12-16(2)32(27-15)21-10-9-20(25-26-21)30-11-3-4-17(13-30)22(33)24-18-5-7-19(8-6-18)31-14-23-28-29-31/h5-10,12,14,17H,3-4,11,13H2,1-2H3,(H,24,33). The third-order valence-corrected chi connectivity index (χ3v) is 5.73. The molecule has 1 aliphatic heterocycles. The van der Waals surface area contributed by atoms with Crippen LogP contribution in [0.25, 0.3) is 11.5 Å². The summed E-state index contributed by atoms with van der Waals surface area (Å²) in [6.07, 6.45) is 3.27. The fraction of sp³-hybridized carbons (Fsp3) is 0.318. The van der Waals surface area contributed by atoms with E-state index in [1.165, 1.54) is 6.33 Å². The average Bonchev–Trinajstić information content (AvgIpc) is 3.49. The molecule has 1 atom stereocenters. The number of piperidine rings is 1. The molecule has 0 aliphatic carbocycles. The third kappa shape index (κ3) is 4.43. The zero-order chi connectivity index (χ0) is 22.8. The van der Waals surface area contributed by atoms with Crippen LogP contribution in [-0.2, 0) is 4.79 Å². The van der Waals surface area contributed by atoms with E-state index >= 15 is 0 Å². The number of nitrogens with zero attached hydrogens (tertiary/aromatic N) is 9. The highest BCUT2D eigenvalue weighted by Gasteiger charge is 2.27. The van der Waals surface area contributed by atoms with Gasteiger partial charge in [0.25, 0.3) is 0 Å². The molecule has 1 N–H and O–H groups in total. The van der Waals surface area contributed by atoms with Gasteiger partial charge in [-0.25, -0.2) is 9.36 Å².